The summed E-state index contributed by atoms with van der Waals surface area (Å²) in [4.78, 5) is 26.4. The summed E-state index contributed by atoms with van der Waals surface area (Å²) in [5.74, 6) is 0.113. The SMILES string of the molecule is O=C(NCCn1cccc1)[C@@H]1CC(=O)N(c2n[nH]c3ccccc23)C1. The smallest absolute Gasteiger partial charge is 0.229 e. The highest BCUT2D eigenvalue weighted by Gasteiger charge is 2.36. The van der Waals surface area contributed by atoms with Gasteiger partial charge in [-0.15, -0.1) is 0 Å². The Morgan fingerprint density at radius 2 is 2.04 bits per heavy atom. The number of carbonyl (C=O) groups is 2. The monoisotopic (exact) mass is 337 g/mol. The second kappa shape index (κ2) is 6.43. The number of H-pyrrole nitrogens is 1. The van der Waals surface area contributed by atoms with Crippen molar-refractivity contribution in [3.8, 4) is 0 Å². The van der Waals surface area contributed by atoms with Gasteiger partial charge >= 0.3 is 0 Å². The maximum absolute atomic E-state index is 12.4. The molecule has 1 fully saturated rings. The minimum atomic E-state index is -0.340. The number of aromatic nitrogens is 3. The summed E-state index contributed by atoms with van der Waals surface area (Å²) >= 11 is 0. The van der Waals surface area contributed by atoms with Crippen LogP contribution < -0.4 is 10.2 Å². The Labute approximate surface area is 144 Å². The van der Waals surface area contributed by atoms with Crippen molar-refractivity contribution >= 4 is 28.5 Å². The first-order valence-corrected chi connectivity index (χ1v) is 8.34. The van der Waals surface area contributed by atoms with Crippen molar-refractivity contribution in [2.24, 2.45) is 5.92 Å². The van der Waals surface area contributed by atoms with Gasteiger partial charge in [0.2, 0.25) is 11.8 Å². The van der Waals surface area contributed by atoms with Gasteiger partial charge in [0.05, 0.1) is 11.4 Å². The molecule has 0 bridgehead atoms. The molecule has 1 atom stereocenters. The van der Waals surface area contributed by atoms with Gasteiger partial charge in [-0.05, 0) is 24.3 Å². The fourth-order valence-electron chi connectivity index (χ4n) is 3.21. The lowest BCUT2D eigenvalue weighted by atomic mass is 10.1. The highest BCUT2D eigenvalue weighted by molar-refractivity contribution is 6.05. The van der Waals surface area contributed by atoms with Gasteiger partial charge in [-0.2, -0.15) is 5.10 Å². The Bertz CT molecular complexity index is 899. The number of para-hydroxylation sites is 1. The van der Waals surface area contributed by atoms with E-state index in [1.165, 1.54) is 0 Å². The molecule has 2 aromatic heterocycles. The Morgan fingerprint density at radius 3 is 2.88 bits per heavy atom. The number of hydrogen-bond donors (Lipinski definition) is 2. The highest BCUT2D eigenvalue weighted by Crippen LogP contribution is 2.29. The fourth-order valence-corrected chi connectivity index (χ4v) is 3.21. The number of anilines is 1. The molecule has 0 unspecified atom stereocenters. The molecule has 0 spiro atoms. The summed E-state index contributed by atoms with van der Waals surface area (Å²) in [6.07, 6.45) is 4.13. The largest absolute Gasteiger partial charge is 0.354 e. The number of fused-ring (bicyclic) bond motifs is 1. The van der Waals surface area contributed by atoms with Crippen molar-refractivity contribution in [1.82, 2.24) is 20.1 Å². The normalized spacial score (nSPS) is 17.4. The lowest BCUT2D eigenvalue weighted by Crippen LogP contribution is -2.34. The fraction of sp³-hybridized carbons (Fsp3) is 0.278. The van der Waals surface area contributed by atoms with Gasteiger partial charge in [-0.3, -0.25) is 19.6 Å². The number of aromatic amines is 1. The zero-order chi connectivity index (χ0) is 17.2. The zero-order valence-corrected chi connectivity index (χ0v) is 13.7. The van der Waals surface area contributed by atoms with Crippen LogP contribution in [0.1, 0.15) is 6.42 Å². The Morgan fingerprint density at radius 1 is 1.24 bits per heavy atom. The number of hydrogen-bond acceptors (Lipinski definition) is 3. The van der Waals surface area contributed by atoms with Crippen molar-refractivity contribution in [2.45, 2.75) is 13.0 Å². The molecule has 0 aliphatic carbocycles. The molecule has 1 aliphatic heterocycles. The Balaban J connectivity index is 1.40. The van der Waals surface area contributed by atoms with E-state index in [1.54, 1.807) is 4.90 Å². The van der Waals surface area contributed by atoms with Crippen LogP contribution in [0.4, 0.5) is 5.82 Å². The number of carbonyl (C=O) groups excluding carboxylic acids is 2. The maximum atomic E-state index is 12.4. The molecule has 25 heavy (non-hydrogen) atoms. The van der Waals surface area contributed by atoms with Gasteiger partial charge in [-0.1, -0.05) is 12.1 Å². The molecule has 3 aromatic rings. The lowest BCUT2D eigenvalue weighted by Gasteiger charge is -2.14. The van der Waals surface area contributed by atoms with Crippen LogP contribution in [0.2, 0.25) is 0 Å². The first-order chi connectivity index (χ1) is 12.2. The van der Waals surface area contributed by atoms with Gasteiger partial charge in [0.1, 0.15) is 0 Å². The Hall–Kier alpha value is -3.09. The lowest BCUT2D eigenvalue weighted by molar-refractivity contribution is -0.126. The molecular formula is C18H19N5O2. The van der Waals surface area contributed by atoms with E-state index in [1.807, 2.05) is 53.4 Å². The quantitative estimate of drug-likeness (QED) is 0.741. The van der Waals surface area contributed by atoms with Crippen molar-refractivity contribution in [2.75, 3.05) is 18.0 Å². The number of nitrogens with one attached hydrogen (secondary N) is 2. The zero-order valence-electron chi connectivity index (χ0n) is 13.7. The maximum Gasteiger partial charge on any atom is 0.229 e. The molecule has 7 nitrogen and oxygen atoms in total. The summed E-state index contributed by atoms with van der Waals surface area (Å²) in [7, 11) is 0. The summed E-state index contributed by atoms with van der Waals surface area (Å²) in [6, 6.07) is 11.6. The second-order valence-electron chi connectivity index (χ2n) is 6.21. The van der Waals surface area contributed by atoms with E-state index in [4.69, 9.17) is 0 Å². The average Bonchev–Trinajstić information content (AvgIpc) is 3.34. The standard InChI is InChI=1S/C18H19N5O2/c24-16-11-13(18(25)19-7-10-22-8-3-4-9-22)12-23(16)17-14-5-1-2-6-15(14)20-21-17/h1-6,8-9,13H,7,10-12H2,(H,19,25)(H,20,21)/t13-/m1/s1. The number of nitrogens with zero attached hydrogens (tertiary/aromatic N) is 3. The van der Waals surface area contributed by atoms with Crippen molar-refractivity contribution < 1.29 is 9.59 Å². The average molecular weight is 337 g/mol. The molecule has 1 saturated heterocycles. The van der Waals surface area contributed by atoms with E-state index in [-0.39, 0.29) is 24.2 Å². The van der Waals surface area contributed by atoms with Crippen LogP contribution in [0, 0.1) is 5.92 Å². The molecule has 3 heterocycles. The minimum Gasteiger partial charge on any atom is -0.354 e. The molecule has 1 aromatic carbocycles. The Kier molecular flexibility index (Phi) is 3.97. The predicted octanol–water partition coefficient (Wildman–Crippen LogP) is 1.53. The topological polar surface area (TPSA) is 83.0 Å². The molecule has 128 valence electrons. The van der Waals surface area contributed by atoms with Crippen LogP contribution in [0.15, 0.2) is 48.8 Å². The number of benzene rings is 1. The van der Waals surface area contributed by atoms with Gasteiger partial charge in [0.15, 0.2) is 5.82 Å². The number of rotatable bonds is 5. The third-order valence-electron chi connectivity index (χ3n) is 4.54. The molecule has 1 aliphatic rings. The van der Waals surface area contributed by atoms with E-state index in [2.05, 4.69) is 15.5 Å². The van der Waals surface area contributed by atoms with Crippen LogP contribution >= 0.6 is 0 Å². The molecule has 0 saturated carbocycles. The summed E-state index contributed by atoms with van der Waals surface area (Å²) < 4.78 is 2.00. The second-order valence-corrected chi connectivity index (χ2v) is 6.21. The van der Waals surface area contributed by atoms with Gasteiger partial charge < -0.3 is 9.88 Å². The number of amides is 2. The third kappa shape index (κ3) is 3.00. The molecule has 4 rings (SSSR count). The van der Waals surface area contributed by atoms with E-state index in [9.17, 15) is 9.59 Å². The van der Waals surface area contributed by atoms with E-state index in [0.717, 1.165) is 10.9 Å². The van der Waals surface area contributed by atoms with Gasteiger partial charge in [-0.25, -0.2) is 0 Å². The first kappa shape index (κ1) is 15.4. The van der Waals surface area contributed by atoms with E-state index in [0.29, 0.717) is 25.5 Å². The molecule has 2 amide bonds. The third-order valence-corrected chi connectivity index (χ3v) is 4.54. The van der Waals surface area contributed by atoms with Gasteiger partial charge in [0.25, 0.3) is 0 Å². The van der Waals surface area contributed by atoms with Crippen LogP contribution in [-0.2, 0) is 16.1 Å². The minimum absolute atomic E-state index is 0.0668. The van der Waals surface area contributed by atoms with Crippen LogP contribution in [0.3, 0.4) is 0 Å². The van der Waals surface area contributed by atoms with E-state index < -0.39 is 0 Å². The van der Waals surface area contributed by atoms with E-state index >= 15 is 0 Å². The summed E-state index contributed by atoms with van der Waals surface area (Å²) in [6.45, 7) is 1.62. The van der Waals surface area contributed by atoms with Crippen molar-refractivity contribution in [1.29, 1.82) is 0 Å². The predicted molar refractivity (Wildman–Crippen MR) is 94.0 cm³/mol. The summed E-state index contributed by atoms with van der Waals surface area (Å²) in [5.41, 5.74) is 0.880. The van der Waals surface area contributed by atoms with Crippen LogP contribution in [0.5, 0.6) is 0 Å². The van der Waals surface area contributed by atoms with Crippen LogP contribution in [-0.4, -0.2) is 39.7 Å². The van der Waals surface area contributed by atoms with Crippen molar-refractivity contribution in [3.63, 3.8) is 0 Å². The molecule has 2 N–H and O–H groups in total. The molecular weight excluding hydrogens is 318 g/mol. The van der Waals surface area contributed by atoms with Crippen LogP contribution in [0.25, 0.3) is 10.9 Å². The molecule has 7 heteroatoms. The molecule has 0 radical (unpaired) electrons. The summed E-state index contributed by atoms with van der Waals surface area (Å²) in [5, 5.41) is 11.0. The van der Waals surface area contributed by atoms with Crippen molar-refractivity contribution in [3.05, 3.63) is 48.8 Å². The highest BCUT2D eigenvalue weighted by atomic mass is 16.2. The van der Waals surface area contributed by atoms with Gasteiger partial charge in [0, 0.05) is 43.8 Å². The first-order valence-electron chi connectivity index (χ1n) is 8.34.